The molecule has 6 heteroatoms. The Hall–Kier alpha value is -0.910. The molecule has 2 aliphatic heterocycles. The van der Waals surface area contributed by atoms with Crippen LogP contribution in [0.25, 0.3) is 0 Å². The molecule has 2 saturated heterocycles. The first-order chi connectivity index (χ1) is 9.08. The van der Waals surface area contributed by atoms with E-state index in [9.17, 15) is 9.59 Å². The summed E-state index contributed by atoms with van der Waals surface area (Å²) in [5.74, 6) is 1.14. The van der Waals surface area contributed by atoms with Crippen LogP contribution in [0.1, 0.15) is 32.6 Å². The number of carbonyl (C=O) groups excluding carboxylic acids is 1. The van der Waals surface area contributed by atoms with Crippen LogP contribution >= 0.6 is 11.8 Å². The van der Waals surface area contributed by atoms with Crippen LogP contribution in [0, 0.1) is 5.92 Å². The summed E-state index contributed by atoms with van der Waals surface area (Å²) in [6.07, 6.45) is 3.33. The number of carboxylic acid groups (broad SMARTS) is 1. The molecular weight excluding hydrogens is 264 g/mol. The highest BCUT2D eigenvalue weighted by molar-refractivity contribution is 7.99. The van der Waals surface area contributed by atoms with E-state index >= 15 is 0 Å². The second-order valence-electron chi connectivity index (χ2n) is 5.47. The number of aliphatic carboxylic acids is 1. The number of thioether (sulfide) groups is 1. The minimum absolute atomic E-state index is 0.00564. The van der Waals surface area contributed by atoms with E-state index in [-0.39, 0.29) is 24.0 Å². The van der Waals surface area contributed by atoms with Gasteiger partial charge in [-0.05, 0) is 38.4 Å². The third-order valence-corrected chi connectivity index (χ3v) is 5.19. The van der Waals surface area contributed by atoms with Crippen molar-refractivity contribution in [2.75, 3.05) is 18.1 Å². The molecule has 3 atom stereocenters. The van der Waals surface area contributed by atoms with Gasteiger partial charge in [-0.25, -0.2) is 4.79 Å². The summed E-state index contributed by atoms with van der Waals surface area (Å²) >= 11 is 1.89. The normalized spacial score (nSPS) is 31.8. The predicted octanol–water partition coefficient (Wildman–Crippen LogP) is 1.78. The van der Waals surface area contributed by atoms with Crippen molar-refractivity contribution in [3.05, 3.63) is 0 Å². The topological polar surface area (TPSA) is 69.6 Å². The predicted molar refractivity (Wildman–Crippen MR) is 75.4 cm³/mol. The van der Waals surface area contributed by atoms with Gasteiger partial charge in [0.15, 0.2) is 0 Å². The summed E-state index contributed by atoms with van der Waals surface area (Å²) in [6, 6.07) is 0.255. The largest absolute Gasteiger partial charge is 0.481 e. The quantitative estimate of drug-likeness (QED) is 0.812. The van der Waals surface area contributed by atoms with E-state index in [4.69, 9.17) is 5.11 Å². The summed E-state index contributed by atoms with van der Waals surface area (Å²) in [5, 5.41) is 12.1. The summed E-state index contributed by atoms with van der Waals surface area (Å²) < 4.78 is 0. The van der Waals surface area contributed by atoms with Gasteiger partial charge in [-0.2, -0.15) is 11.8 Å². The van der Waals surface area contributed by atoms with Crippen molar-refractivity contribution in [3.8, 4) is 0 Å². The molecule has 2 aliphatic rings. The number of likely N-dealkylation sites (tertiary alicyclic amines) is 1. The van der Waals surface area contributed by atoms with E-state index in [0.29, 0.717) is 19.4 Å². The first kappa shape index (κ1) is 14.5. The van der Waals surface area contributed by atoms with Crippen LogP contribution in [0.15, 0.2) is 0 Å². The maximum absolute atomic E-state index is 12.2. The van der Waals surface area contributed by atoms with Crippen molar-refractivity contribution in [3.63, 3.8) is 0 Å². The fourth-order valence-electron chi connectivity index (χ4n) is 2.81. The highest BCUT2D eigenvalue weighted by atomic mass is 32.2. The molecule has 2 N–H and O–H groups in total. The molecule has 108 valence electrons. The molecule has 19 heavy (non-hydrogen) atoms. The molecule has 2 rings (SSSR count). The zero-order valence-corrected chi connectivity index (χ0v) is 12.1. The first-order valence-corrected chi connectivity index (χ1v) is 8.11. The number of amides is 2. The third kappa shape index (κ3) is 3.78. The molecule has 0 saturated carbocycles. The van der Waals surface area contributed by atoms with Gasteiger partial charge in [0, 0.05) is 24.4 Å². The summed E-state index contributed by atoms with van der Waals surface area (Å²) in [7, 11) is 0. The molecule has 0 aromatic heterocycles. The molecule has 0 aromatic carbocycles. The third-order valence-electron chi connectivity index (χ3n) is 3.97. The van der Waals surface area contributed by atoms with E-state index in [2.05, 4.69) is 5.32 Å². The van der Waals surface area contributed by atoms with Crippen molar-refractivity contribution in [1.82, 2.24) is 10.2 Å². The van der Waals surface area contributed by atoms with Crippen LogP contribution in [-0.2, 0) is 4.79 Å². The monoisotopic (exact) mass is 286 g/mol. The van der Waals surface area contributed by atoms with Gasteiger partial charge in [-0.15, -0.1) is 0 Å². The lowest BCUT2D eigenvalue weighted by Crippen LogP contribution is -2.53. The molecule has 0 aliphatic carbocycles. The fourth-order valence-corrected chi connectivity index (χ4v) is 3.88. The first-order valence-electron chi connectivity index (χ1n) is 6.95. The molecule has 2 amide bonds. The number of urea groups is 1. The Kier molecular flexibility index (Phi) is 4.96. The average molecular weight is 286 g/mol. The molecule has 0 spiro atoms. The van der Waals surface area contributed by atoms with E-state index in [0.717, 1.165) is 18.6 Å². The zero-order valence-electron chi connectivity index (χ0n) is 11.3. The highest BCUT2D eigenvalue weighted by Crippen LogP contribution is 2.23. The van der Waals surface area contributed by atoms with Gasteiger partial charge >= 0.3 is 12.0 Å². The Labute approximate surface area is 118 Å². The molecular formula is C13H22N2O3S. The van der Waals surface area contributed by atoms with Crippen LogP contribution < -0.4 is 5.32 Å². The summed E-state index contributed by atoms with van der Waals surface area (Å²) in [6.45, 7) is 2.48. The lowest BCUT2D eigenvalue weighted by molar-refractivity contribution is -0.143. The molecule has 5 nitrogen and oxygen atoms in total. The second kappa shape index (κ2) is 6.50. The number of nitrogens with one attached hydrogen (secondary N) is 1. The number of hydrogen-bond donors (Lipinski definition) is 2. The Balaban J connectivity index is 1.84. The highest BCUT2D eigenvalue weighted by Gasteiger charge is 2.32. The number of piperidine rings is 1. The lowest BCUT2D eigenvalue weighted by atomic mass is 9.92. The minimum atomic E-state index is -0.740. The number of carboxylic acids is 1. The minimum Gasteiger partial charge on any atom is -0.481 e. The smallest absolute Gasteiger partial charge is 0.317 e. The zero-order chi connectivity index (χ0) is 13.8. The molecule has 0 radical (unpaired) electrons. The second-order valence-corrected chi connectivity index (χ2v) is 6.62. The number of hydrogen-bond acceptors (Lipinski definition) is 3. The molecule has 0 bridgehead atoms. The van der Waals surface area contributed by atoms with Gasteiger partial charge in [0.05, 0.1) is 5.92 Å². The Morgan fingerprint density at radius 2 is 2.16 bits per heavy atom. The van der Waals surface area contributed by atoms with Crippen molar-refractivity contribution < 1.29 is 14.7 Å². The van der Waals surface area contributed by atoms with Crippen molar-refractivity contribution in [1.29, 1.82) is 0 Å². The van der Waals surface area contributed by atoms with Crippen LogP contribution in [0.2, 0.25) is 0 Å². The van der Waals surface area contributed by atoms with E-state index in [1.54, 1.807) is 4.90 Å². The number of rotatable bonds is 2. The fraction of sp³-hybridized carbons (Fsp3) is 0.846. The van der Waals surface area contributed by atoms with Gasteiger partial charge in [-0.1, -0.05) is 0 Å². The Morgan fingerprint density at radius 1 is 1.37 bits per heavy atom. The lowest BCUT2D eigenvalue weighted by Gasteiger charge is -2.37. The van der Waals surface area contributed by atoms with E-state index in [1.165, 1.54) is 5.75 Å². The van der Waals surface area contributed by atoms with E-state index < -0.39 is 5.97 Å². The van der Waals surface area contributed by atoms with Crippen molar-refractivity contribution in [2.45, 2.75) is 44.7 Å². The molecule has 2 fully saturated rings. The molecule has 0 aromatic rings. The Bertz CT molecular complexity index is 345. The summed E-state index contributed by atoms with van der Waals surface area (Å²) in [5.41, 5.74) is 0. The van der Waals surface area contributed by atoms with Gasteiger partial charge < -0.3 is 15.3 Å². The van der Waals surface area contributed by atoms with Gasteiger partial charge in [0.1, 0.15) is 0 Å². The number of nitrogens with zero attached hydrogens (tertiary/aromatic N) is 1. The van der Waals surface area contributed by atoms with Crippen LogP contribution in [0.5, 0.6) is 0 Å². The van der Waals surface area contributed by atoms with Crippen molar-refractivity contribution in [2.24, 2.45) is 5.92 Å². The van der Waals surface area contributed by atoms with Gasteiger partial charge in [0.2, 0.25) is 0 Å². The van der Waals surface area contributed by atoms with E-state index in [1.807, 2.05) is 18.7 Å². The van der Waals surface area contributed by atoms with Gasteiger partial charge in [0.25, 0.3) is 0 Å². The summed E-state index contributed by atoms with van der Waals surface area (Å²) in [4.78, 5) is 25.0. The van der Waals surface area contributed by atoms with Crippen LogP contribution in [-0.4, -0.2) is 52.1 Å². The number of carbonyl (C=O) groups is 2. The van der Waals surface area contributed by atoms with Crippen LogP contribution in [0.4, 0.5) is 4.79 Å². The molecule has 2 heterocycles. The van der Waals surface area contributed by atoms with Gasteiger partial charge in [-0.3, -0.25) is 4.79 Å². The average Bonchev–Trinajstić information content (AvgIpc) is 2.39. The molecule has 3 unspecified atom stereocenters. The standard InChI is InChI=1S/C13H22N2O3S/c1-9-7-10(12(16)17)4-5-15(9)13(18)14-11-3-2-6-19-8-11/h9-11H,2-8H2,1H3,(H,14,18)(H,16,17). The Morgan fingerprint density at radius 3 is 2.74 bits per heavy atom. The van der Waals surface area contributed by atoms with Crippen LogP contribution in [0.3, 0.4) is 0 Å². The maximum atomic E-state index is 12.2. The SMILES string of the molecule is CC1CC(C(=O)O)CCN1C(=O)NC1CCCSC1. The maximum Gasteiger partial charge on any atom is 0.317 e. The van der Waals surface area contributed by atoms with Crippen molar-refractivity contribution >= 4 is 23.8 Å².